The van der Waals surface area contributed by atoms with Crippen LogP contribution < -0.4 is 4.52 Å². The molecule has 0 amide bonds. The molecule has 0 fully saturated rings. The monoisotopic (exact) mass is 404 g/mol. The third kappa shape index (κ3) is 8.06. The largest absolute Gasteiger partial charge is 0.427 e. The van der Waals surface area contributed by atoms with E-state index < -0.39 is 8.60 Å². The summed E-state index contributed by atoms with van der Waals surface area (Å²) in [6, 6.07) is 14.7. The van der Waals surface area contributed by atoms with Crippen LogP contribution in [0.1, 0.15) is 25.0 Å². The minimum Gasteiger partial charge on any atom is -0.427 e. The molecule has 0 heterocycles. The van der Waals surface area contributed by atoms with Gasteiger partial charge in [0, 0.05) is 5.02 Å². The van der Waals surface area contributed by atoms with Gasteiger partial charge in [-0.1, -0.05) is 48.0 Å². The maximum Gasteiger partial charge on any atom is 0.397 e. The van der Waals surface area contributed by atoms with E-state index in [1.165, 1.54) is 12.2 Å². The second-order valence-corrected chi connectivity index (χ2v) is 6.92. The summed E-state index contributed by atoms with van der Waals surface area (Å²) in [4.78, 5) is 12.0. The van der Waals surface area contributed by atoms with E-state index in [1.54, 1.807) is 24.3 Å². The molecule has 2 aromatic carbocycles. The predicted molar refractivity (Wildman–Crippen MR) is 112 cm³/mol. The highest BCUT2D eigenvalue weighted by Gasteiger charge is 2.12. The van der Waals surface area contributed by atoms with E-state index in [-0.39, 0.29) is 5.78 Å². The lowest BCUT2D eigenvalue weighted by atomic mass is 10.1. The first-order valence-electron chi connectivity index (χ1n) is 8.60. The molecular weight excluding hydrogens is 383 g/mol. The van der Waals surface area contributed by atoms with Gasteiger partial charge >= 0.3 is 8.60 Å². The van der Waals surface area contributed by atoms with E-state index in [0.717, 1.165) is 11.1 Å². The molecule has 0 saturated heterocycles. The standard InChI is InChI=1S/C21H22ClO4P/c1-3-24-27(25-4-2)26-21-15-9-18(10-16-21)8-14-20(23)13-7-17-5-11-19(22)12-6-17/h5-16H,3-4H2,1-2H3/b13-7+,14-8+. The molecule has 0 N–H and O–H groups in total. The highest BCUT2D eigenvalue weighted by molar-refractivity contribution is 7.42. The van der Waals surface area contributed by atoms with Crippen LogP contribution >= 0.6 is 20.2 Å². The minimum atomic E-state index is -1.38. The van der Waals surface area contributed by atoms with Crippen molar-refractivity contribution in [3.8, 4) is 5.75 Å². The maximum atomic E-state index is 12.0. The first-order chi connectivity index (χ1) is 13.1. The highest BCUT2D eigenvalue weighted by Crippen LogP contribution is 2.40. The zero-order valence-electron chi connectivity index (χ0n) is 15.3. The van der Waals surface area contributed by atoms with Crippen molar-refractivity contribution in [3.05, 3.63) is 76.8 Å². The van der Waals surface area contributed by atoms with Gasteiger partial charge in [0.2, 0.25) is 0 Å². The number of hydrogen-bond donors (Lipinski definition) is 0. The molecule has 2 aromatic rings. The lowest BCUT2D eigenvalue weighted by molar-refractivity contribution is -0.110. The Morgan fingerprint density at radius 3 is 1.85 bits per heavy atom. The van der Waals surface area contributed by atoms with Crippen LogP contribution in [0.4, 0.5) is 0 Å². The van der Waals surface area contributed by atoms with Crippen LogP contribution in [0.3, 0.4) is 0 Å². The molecule has 4 nitrogen and oxygen atoms in total. The topological polar surface area (TPSA) is 44.8 Å². The molecule has 0 aliphatic carbocycles. The number of hydrogen-bond acceptors (Lipinski definition) is 4. The van der Waals surface area contributed by atoms with Crippen LogP contribution in [0.25, 0.3) is 12.2 Å². The van der Waals surface area contributed by atoms with E-state index in [0.29, 0.717) is 24.0 Å². The Balaban J connectivity index is 1.90. The van der Waals surface area contributed by atoms with Crippen molar-refractivity contribution in [2.75, 3.05) is 13.2 Å². The lowest BCUT2D eigenvalue weighted by Gasteiger charge is -2.15. The summed E-state index contributed by atoms with van der Waals surface area (Å²) in [7, 11) is -1.38. The Kier molecular flexibility index (Phi) is 9.23. The van der Waals surface area contributed by atoms with Gasteiger partial charge in [0.1, 0.15) is 5.75 Å². The third-order valence-corrected chi connectivity index (χ3v) is 4.83. The molecule has 27 heavy (non-hydrogen) atoms. The molecule has 0 bridgehead atoms. The second-order valence-electron chi connectivity index (χ2n) is 5.34. The van der Waals surface area contributed by atoms with E-state index in [1.807, 2.05) is 50.2 Å². The molecule has 0 aliphatic rings. The van der Waals surface area contributed by atoms with Crippen LogP contribution in [-0.4, -0.2) is 19.0 Å². The lowest BCUT2D eigenvalue weighted by Crippen LogP contribution is -1.97. The van der Waals surface area contributed by atoms with Crippen molar-refractivity contribution < 1.29 is 18.4 Å². The molecule has 142 valence electrons. The Morgan fingerprint density at radius 1 is 0.889 bits per heavy atom. The number of carbonyl (C=O) groups excluding carboxylic acids is 1. The zero-order chi connectivity index (χ0) is 19.5. The quantitative estimate of drug-likeness (QED) is 0.343. The van der Waals surface area contributed by atoms with Crippen molar-refractivity contribution in [2.45, 2.75) is 13.8 Å². The van der Waals surface area contributed by atoms with Crippen LogP contribution in [0.2, 0.25) is 5.02 Å². The fourth-order valence-corrected chi connectivity index (χ4v) is 3.03. The van der Waals surface area contributed by atoms with Crippen molar-refractivity contribution in [1.82, 2.24) is 0 Å². The van der Waals surface area contributed by atoms with Gasteiger partial charge in [0.05, 0.1) is 13.2 Å². The van der Waals surface area contributed by atoms with Crippen LogP contribution in [0.15, 0.2) is 60.7 Å². The third-order valence-electron chi connectivity index (χ3n) is 3.28. The van der Waals surface area contributed by atoms with Gasteiger partial charge in [-0.05, 0) is 61.4 Å². The van der Waals surface area contributed by atoms with Gasteiger partial charge < -0.3 is 13.6 Å². The molecule has 0 saturated carbocycles. The smallest absolute Gasteiger partial charge is 0.397 e. The van der Waals surface area contributed by atoms with E-state index in [4.69, 9.17) is 25.2 Å². The molecule has 0 atom stereocenters. The number of ketones is 1. The predicted octanol–water partition coefficient (Wildman–Crippen LogP) is 6.31. The highest BCUT2D eigenvalue weighted by atomic mass is 35.5. The summed E-state index contributed by atoms with van der Waals surface area (Å²) in [5.74, 6) is 0.565. The number of halogens is 1. The number of allylic oxidation sites excluding steroid dienone is 2. The average Bonchev–Trinajstić information content (AvgIpc) is 2.67. The number of benzene rings is 2. The fraction of sp³-hybridized carbons (Fsp3) is 0.190. The van der Waals surface area contributed by atoms with Crippen molar-refractivity contribution in [2.24, 2.45) is 0 Å². The van der Waals surface area contributed by atoms with Gasteiger partial charge in [-0.15, -0.1) is 0 Å². The van der Waals surface area contributed by atoms with Crippen LogP contribution in [0, 0.1) is 0 Å². The van der Waals surface area contributed by atoms with E-state index >= 15 is 0 Å². The summed E-state index contributed by atoms with van der Waals surface area (Å²) < 4.78 is 16.5. The Morgan fingerprint density at radius 2 is 1.37 bits per heavy atom. The van der Waals surface area contributed by atoms with E-state index in [9.17, 15) is 4.79 Å². The molecule has 0 radical (unpaired) electrons. The van der Waals surface area contributed by atoms with Gasteiger partial charge in [-0.25, -0.2) is 0 Å². The SMILES string of the molecule is CCOP(OCC)Oc1ccc(/C=C/C(=O)/C=C/c2ccc(Cl)cc2)cc1. The first-order valence-corrected chi connectivity index (χ1v) is 10.1. The average molecular weight is 405 g/mol. The Bertz CT molecular complexity index is 764. The van der Waals surface area contributed by atoms with Crippen LogP contribution in [0.5, 0.6) is 5.75 Å². The first kappa shape index (κ1) is 21.3. The summed E-state index contributed by atoms with van der Waals surface area (Å²) in [5, 5.41) is 0.667. The number of rotatable bonds is 10. The van der Waals surface area contributed by atoms with Crippen molar-refractivity contribution in [1.29, 1.82) is 0 Å². The Hall–Kier alpha value is -1.97. The summed E-state index contributed by atoms with van der Waals surface area (Å²) in [6.07, 6.45) is 6.56. The van der Waals surface area contributed by atoms with Crippen molar-refractivity contribution >= 4 is 38.1 Å². The molecule has 0 aliphatic heterocycles. The van der Waals surface area contributed by atoms with Crippen LogP contribution in [-0.2, 0) is 13.8 Å². The normalized spacial score (nSPS) is 11.6. The number of carbonyl (C=O) groups is 1. The molecule has 0 aromatic heterocycles. The zero-order valence-corrected chi connectivity index (χ0v) is 17.0. The van der Waals surface area contributed by atoms with Gasteiger partial charge in [-0.3, -0.25) is 4.79 Å². The van der Waals surface area contributed by atoms with Gasteiger partial charge in [-0.2, -0.15) is 0 Å². The van der Waals surface area contributed by atoms with Gasteiger partial charge in [0.15, 0.2) is 5.78 Å². The summed E-state index contributed by atoms with van der Waals surface area (Å²) >= 11 is 5.84. The molecule has 0 spiro atoms. The molecule has 6 heteroatoms. The summed E-state index contributed by atoms with van der Waals surface area (Å²) in [5.41, 5.74) is 1.82. The minimum absolute atomic E-state index is 0.0958. The fourth-order valence-electron chi connectivity index (χ4n) is 2.01. The Labute approximate surface area is 166 Å². The molecular formula is C21H22ClO4P. The maximum absolute atomic E-state index is 12.0. The van der Waals surface area contributed by atoms with Crippen molar-refractivity contribution in [3.63, 3.8) is 0 Å². The van der Waals surface area contributed by atoms with E-state index in [2.05, 4.69) is 0 Å². The summed E-state index contributed by atoms with van der Waals surface area (Å²) in [6.45, 7) is 4.84. The molecule has 2 rings (SSSR count). The second kappa shape index (κ2) is 11.7. The van der Waals surface area contributed by atoms with Gasteiger partial charge in [0.25, 0.3) is 0 Å². The molecule has 0 unspecified atom stereocenters.